The molecular formula is C20H36N4O11S. The van der Waals surface area contributed by atoms with Crippen LogP contribution in [0.1, 0.15) is 51.9 Å². The number of carbonyl (C=O) groups is 4. The van der Waals surface area contributed by atoms with Crippen LogP contribution in [0.5, 0.6) is 0 Å². The fourth-order valence-electron chi connectivity index (χ4n) is 3.31. The molecule has 16 heteroatoms. The fraction of sp³-hybridized carbons (Fsp3) is 0.800. The number of hydrogen-bond acceptors (Lipinski definition) is 14. The first-order valence-electron chi connectivity index (χ1n) is 11.6. The first-order valence-corrected chi connectivity index (χ1v) is 12.6. The topological polar surface area (TPSA) is 199 Å². The summed E-state index contributed by atoms with van der Waals surface area (Å²) < 4.78 is 5.24. The van der Waals surface area contributed by atoms with E-state index < -0.39 is 23.3 Å². The maximum absolute atomic E-state index is 12.8. The van der Waals surface area contributed by atoms with Gasteiger partial charge in [0.15, 0.2) is 0 Å². The van der Waals surface area contributed by atoms with Crippen molar-refractivity contribution >= 4 is 34.7 Å². The maximum Gasteiger partial charge on any atom is 0.328 e. The Kier molecular flexibility index (Phi) is 16.4. The summed E-state index contributed by atoms with van der Waals surface area (Å²) in [6, 6.07) is -0.676. The Bertz CT molecular complexity index is 699. The van der Waals surface area contributed by atoms with Gasteiger partial charge >= 0.3 is 5.97 Å². The summed E-state index contributed by atoms with van der Waals surface area (Å²) in [7, 11) is 0. The molecule has 208 valence electrons. The van der Waals surface area contributed by atoms with Crippen LogP contribution >= 0.6 is 11.8 Å². The minimum Gasteiger partial charge on any atom is -0.464 e. The van der Waals surface area contributed by atoms with Crippen LogP contribution in [0.15, 0.2) is 0 Å². The number of amides is 2. The Hall–Kier alpha value is -1.89. The smallest absolute Gasteiger partial charge is 0.328 e. The van der Waals surface area contributed by atoms with Gasteiger partial charge in [-0.25, -0.2) is 4.79 Å². The Morgan fingerprint density at radius 1 is 1.00 bits per heavy atom. The van der Waals surface area contributed by atoms with Gasteiger partial charge in [0, 0.05) is 24.6 Å². The molecule has 0 aromatic rings. The fourth-order valence-corrected chi connectivity index (χ4v) is 4.06. The van der Waals surface area contributed by atoms with Crippen LogP contribution in [0.3, 0.4) is 0 Å². The molecule has 5 N–H and O–H groups in total. The van der Waals surface area contributed by atoms with Gasteiger partial charge in [0.05, 0.1) is 37.1 Å². The number of ether oxygens (including phenoxy) is 1. The normalized spacial score (nSPS) is 16.4. The average molecular weight is 541 g/mol. The number of esters is 1. The molecule has 0 saturated carbocycles. The SMILES string of the molecule is C[C@H](CSC(=O)CNC(=O)CCCCON(O)O)C(=O)N1CCC[C@H]1C(=O)OCCCCON(O)O. The largest absolute Gasteiger partial charge is 0.464 e. The van der Waals surface area contributed by atoms with Crippen LogP contribution in [0.4, 0.5) is 0 Å². The minimum atomic E-state index is -0.676. The van der Waals surface area contributed by atoms with Crippen molar-refractivity contribution in [2.24, 2.45) is 5.92 Å². The third kappa shape index (κ3) is 14.0. The van der Waals surface area contributed by atoms with Gasteiger partial charge in [-0.15, -0.1) is 0 Å². The zero-order valence-corrected chi connectivity index (χ0v) is 21.1. The van der Waals surface area contributed by atoms with E-state index in [1.165, 1.54) is 4.90 Å². The Morgan fingerprint density at radius 3 is 2.25 bits per heavy atom. The summed E-state index contributed by atoms with van der Waals surface area (Å²) in [4.78, 5) is 59.4. The molecular weight excluding hydrogens is 504 g/mol. The van der Waals surface area contributed by atoms with Crippen LogP contribution in [0.2, 0.25) is 0 Å². The van der Waals surface area contributed by atoms with E-state index in [2.05, 4.69) is 15.0 Å². The van der Waals surface area contributed by atoms with Gasteiger partial charge in [-0.2, -0.15) is 0 Å². The molecule has 0 aromatic heterocycles. The summed E-state index contributed by atoms with van der Waals surface area (Å²) in [5, 5.41) is 35.0. The summed E-state index contributed by atoms with van der Waals surface area (Å²) in [6.45, 7) is 2.11. The molecule has 1 rings (SSSR count). The van der Waals surface area contributed by atoms with E-state index >= 15 is 0 Å². The molecule has 15 nitrogen and oxygen atoms in total. The summed E-state index contributed by atoms with van der Waals surface area (Å²) in [6.07, 6.45) is 3.05. The molecule has 1 aliphatic heterocycles. The predicted octanol–water partition coefficient (Wildman–Crippen LogP) is 0.507. The van der Waals surface area contributed by atoms with Crippen molar-refractivity contribution in [3.8, 4) is 0 Å². The van der Waals surface area contributed by atoms with Crippen LogP contribution < -0.4 is 5.32 Å². The summed E-state index contributed by atoms with van der Waals surface area (Å²) in [5.74, 6) is -1.38. The minimum absolute atomic E-state index is 0.0296. The molecule has 0 aromatic carbocycles. The van der Waals surface area contributed by atoms with Gasteiger partial charge in [0.2, 0.25) is 16.9 Å². The second-order valence-corrected chi connectivity index (χ2v) is 9.13. The zero-order valence-electron chi connectivity index (χ0n) is 20.2. The lowest BCUT2D eigenvalue weighted by Gasteiger charge is -2.26. The van der Waals surface area contributed by atoms with Crippen LogP contribution in [-0.2, 0) is 33.6 Å². The molecule has 1 fully saturated rings. The van der Waals surface area contributed by atoms with Gasteiger partial charge in [-0.05, 0) is 38.5 Å². The van der Waals surface area contributed by atoms with E-state index in [0.717, 1.165) is 11.8 Å². The second kappa shape index (κ2) is 18.4. The van der Waals surface area contributed by atoms with E-state index in [1.54, 1.807) is 6.92 Å². The van der Waals surface area contributed by atoms with Gasteiger partial charge in [0.25, 0.3) is 0 Å². The molecule has 2 atom stereocenters. The average Bonchev–Trinajstić information content (AvgIpc) is 3.32. The Morgan fingerprint density at radius 2 is 1.61 bits per heavy atom. The van der Waals surface area contributed by atoms with Crippen molar-refractivity contribution < 1.29 is 54.4 Å². The highest BCUT2D eigenvalue weighted by Crippen LogP contribution is 2.22. The lowest BCUT2D eigenvalue weighted by Crippen LogP contribution is -2.44. The molecule has 0 radical (unpaired) electrons. The first-order chi connectivity index (χ1) is 17.1. The molecule has 2 amide bonds. The number of nitrogens with one attached hydrogen (secondary N) is 1. The van der Waals surface area contributed by atoms with E-state index in [4.69, 9.17) is 25.6 Å². The first kappa shape index (κ1) is 32.1. The number of thioether (sulfide) groups is 1. The van der Waals surface area contributed by atoms with Crippen molar-refractivity contribution in [1.82, 2.24) is 21.0 Å². The number of carbonyl (C=O) groups excluding carboxylic acids is 4. The van der Waals surface area contributed by atoms with Gasteiger partial charge < -0.3 is 15.0 Å². The number of rotatable bonds is 18. The monoisotopic (exact) mass is 540 g/mol. The van der Waals surface area contributed by atoms with E-state index in [1.807, 2.05) is 0 Å². The highest BCUT2D eigenvalue weighted by atomic mass is 32.2. The molecule has 36 heavy (non-hydrogen) atoms. The zero-order chi connectivity index (χ0) is 26.9. The second-order valence-electron chi connectivity index (χ2n) is 8.05. The van der Waals surface area contributed by atoms with E-state index in [9.17, 15) is 19.2 Å². The van der Waals surface area contributed by atoms with Crippen LogP contribution in [0.25, 0.3) is 0 Å². The predicted molar refractivity (Wildman–Crippen MR) is 121 cm³/mol. The number of unbranched alkanes of at least 4 members (excludes halogenated alkanes) is 2. The lowest BCUT2D eigenvalue weighted by molar-refractivity contribution is -0.492. The molecule has 1 saturated heterocycles. The summed E-state index contributed by atoms with van der Waals surface area (Å²) >= 11 is 0.933. The van der Waals surface area contributed by atoms with Gasteiger partial charge in [-0.1, -0.05) is 18.7 Å². The third-order valence-electron chi connectivity index (χ3n) is 5.15. The quantitative estimate of drug-likeness (QED) is 0.0915. The Labute approximate surface area is 213 Å². The third-order valence-corrected chi connectivity index (χ3v) is 6.28. The Balaban J connectivity index is 2.27. The van der Waals surface area contributed by atoms with Crippen LogP contribution in [-0.4, -0.2) is 104 Å². The van der Waals surface area contributed by atoms with Crippen molar-refractivity contribution in [1.29, 1.82) is 0 Å². The lowest BCUT2D eigenvalue weighted by atomic mass is 10.1. The highest BCUT2D eigenvalue weighted by molar-refractivity contribution is 8.13. The van der Waals surface area contributed by atoms with Crippen molar-refractivity contribution in [3.05, 3.63) is 0 Å². The van der Waals surface area contributed by atoms with E-state index in [0.29, 0.717) is 45.1 Å². The molecule has 1 aliphatic rings. The molecule has 0 unspecified atom stereocenters. The number of hydrogen-bond donors (Lipinski definition) is 5. The van der Waals surface area contributed by atoms with Crippen molar-refractivity contribution in [3.63, 3.8) is 0 Å². The summed E-state index contributed by atoms with van der Waals surface area (Å²) in [5.41, 5.74) is 0. The van der Waals surface area contributed by atoms with Gasteiger partial charge in [0.1, 0.15) is 6.04 Å². The van der Waals surface area contributed by atoms with Gasteiger partial charge in [-0.3, -0.25) is 44.9 Å². The molecule has 0 bridgehead atoms. The number of likely N-dealkylation sites (tertiary alicyclic amines) is 1. The van der Waals surface area contributed by atoms with E-state index in [-0.39, 0.29) is 60.9 Å². The molecule has 0 aliphatic carbocycles. The van der Waals surface area contributed by atoms with Crippen molar-refractivity contribution in [2.45, 2.75) is 57.9 Å². The highest BCUT2D eigenvalue weighted by Gasteiger charge is 2.37. The molecule has 0 spiro atoms. The maximum atomic E-state index is 12.8. The molecule has 1 heterocycles. The van der Waals surface area contributed by atoms with Crippen LogP contribution in [0, 0.1) is 5.92 Å². The number of nitrogens with zero attached hydrogens (tertiary/aromatic N) is 3. The van der Waals surface area contributed by atoms with Crippen molar-refractivity contribution in [2.75, 3.05) is 38.7 Å². The standard InChI is InChI=1S/C20H36N4O11S/c1-15(14-36-18(26)13-21-17(25)8-2-3-11-34-23(29)30)19(27)22-9-6-7-16(22)20(28)33-10-4-5-12-35-24(31)32/h15-16,29-32H,2-14H2,1H3,(H,21,25)/t15-,16+/m1/s1.